The maximum absolute atomic E-state index is 10.8. The fourth-order valence-corrected chi connectivity index (χ4v) is 2.06. The number of methoxy groups -OCH3 is 1. The van der Waals surface area contributed by atoms with E-state index in [2.05, 4.69) is 26.2 Å². The van der Waals surface area contributed by atoms with Gasteiger partial charge in [0.2, 0.25) is 0 Å². The molecule has 5 nitrogen and oxygen atoms in total. The zero-order valence-electron chi connectivity index (χ0n) is 10.4. The molecule has 0 amide bonds. The van der Waals surface area contributed by atoms with Crippen LogP contribution in [-0.4, -0.2) is 23.2 Å². The number of carboxylic acid groups (broad SMARTS) is 1. The van der Waals surface area contributed by atoms with Crippen LogP contribution in [0.2, 0.25) is 5.02 Å². The van der Waals surface area contributed by atoms with Gasteiger partial charge in [-0.3, -0.25) is 0 Å². The van der Waals surface area contributed by atoms with E-state index in [1.165, 1.54) is 12.3 Å². The number of ether oxygens (including phenoxy) is 1. The first-order chi connectivity index (χ1) is 9.51. The number of benzene rings is 1. The van der Waals surface area contributed by atoms with E-state index in [0.717, 1.165) is 4.47 Å². The Kier molecular flexibility index (Phi) is 4.46. The summed E-state index contributed by atoms with van der Waals surface area (Å²) in [4.78, 5) is 14.8. The molecule has 104 valence electrons. The van der Waals surface area contributed by atoms with Crippen LogP contribution >= 0.6 is 27.5 Å². The lowest BCUT2D eigenvalue weighted by atomic mass is 10.2. The molecule has 0 spiro atoms. The van der Waals surface area contributed by atoms with E-state index >= 15 is 0 Å². The maximum atomic E-state index is 10.8. The number of nitrogens with one attached hydrogen (secondary N) is 1. The Balaban J connectivity index is 2.32. The van der Waals surface area contributed by atoms with Crippen LogP contribution in [0.4, 0.5) is 11.5 Å². The van der Waals surface area contributed by atoms with Crippen molar-refractivity contribution < 1.29 is 14.6 Å². The van der Waals surface area contributed by atoms with Crippen molar-refractivity contribution in [2.75, 3.05) is 12.4 Å². The highest BCUT2D eigenvalue weighted by molar-refractivity contribution is 9.10. The average Bonchev–Trinajstić information content (AvgIpc) is 2.43. The van der Waals surface area contributed by atoms with Gasteiger partial charge in [-0.25, -0.2) is 9.78 Å². The van der Waals surface area contributed by atoms with Gasteiger partial charge in [-0.1, -0.05) is 11.6 Å². The first-order valence-electron chi connectivity index (χ1n) is 5.50. The van der Waals surface area contributed by atoms with E-state index in [0.29, 0.717) is 17.3 Å². The Hall–Kier alpha value is -1.79. The van der Waals surface area contributed by atoms with E-state index in [1.807, 2.05) is 6.07 Å². The number of aromatic carboxylic acids is 1. The zero-order chi connectivity index (χ0) is 14.7. The van der Waals surface area contributed by atoms with E-state index in [9.17, 15) is 4.79 Å². The number of rotatable bonds is 4. The van der Waals surface area contributed by atoms with Gasteiger partial charge in [0.1, 0.15) is 11.6 Å². The fraction of sp³-hybridized carbons (Fsp3) is 0.0769. The molecular weight excluding hydrogens is 348 g/mol. The number of halogens is 2. The van der Waals surface area contributed by atoms with Gasteiger partial charge in [0.25, 0.3) is 0 Å². The van der Waals surface area contributed by atoms with Gasteiger partial charge in [0.15, 0.2) is 0 Å². The van der Waals surface area contributed by atoms with Crippen molar-refractivity contribution in [1.82, 2.24) is 4.98 Å². The molecule has 0 saturated heterocycles. The minimum absolute atomic E-state index is 0.0326. The van der Waals surface area contributed by atoms with Crippen LogP contribution in [0.1, 0.15) is 10.4 Å². The molecule has 2 rings (SSSR count). The van der Waals surface area contributed by atoms with Gasteiger partial charge in [0, 0.05) is 16.7 Å². The van der Waals surface area contributed by atoms with Crippen LogP contribution in [0.5, 0.6) is 5.75 Å². The molecule has 0 saturated carbocycles. The van der Waals surface area contributed by atoms with Crippen LogP contribution in [0.25, 0.3) is 0 Å². The Morgan fingerprint density at radius 2 is 2.20 bits per heavy atom. The summed E-state index contributed by atoms with van der Waals surface area (Å²) in [7, 11) is 1.57. The molecule has 1 aromatic heterocycles. The predicted octanol–water partition coefficient (Wildman–Crippen LogP) is 3.95. The number of hydrogen-bond acceptors (Lipinski definition) is 4. The highest BCUT2D eigenvalue weighted by Gasteiger charge is 2.10. The van der Waals surface area contributed by atoms with E-state index < -0.39 is 5.97 Å². The lowest BCUT2D eigenvalue weighted by molar-refractivity contribution is 0.0696. The Bertz CT molecular complexity index is 664. The second-order valence-electron chi connectivity index (χ2n) is 3.83. The first-order valence-corrected chi connectivity index (χ1v) is 6.67. The Morgan fingerprint density at radius 1 is 1.45 bits per heavy atom. The summed E-state index contributed by atoms with van der Waals surface area (Å²) in [6.07, 6.45) is 1.24. The molecule has 0 aliphatic heterocycles. The number of nitrogens with zero attached hydrogens (tertiary/aromatic N) is 1. The smallest absolute Gasteiger partial charge is 0.337 e. The van der Waals surface area contributed by atoms with Crippen LogP contribution in [0.3, 0.4) is 0 Å². The van der Waals surface area contributed by atoms with Crippen molar-refractivity contribution in [3.63, 3.8) is 0 Å². The van der Waals surface area contributed by atoms with Crippen LogP contribution in [0, 0.1) is 0 Å². The zero-order valence-corrected chi connectivity index (χ0v) is 12.7. The molecule has 0 fully saturated rings. The second-order valence-corrected chi connectivity index (χ2v) is 5.09. The van der Waals surface area contributed by atoms with E-state index in [-0.39, 0.29) is 10.6 Å². The van der Waals surface area contributed by atoms with E-state index in [4.69, 9.17) is 21.4 Å². The third kappa shape index (κ3) is 3.20. The largest absolute Gasteiger partial charge is 0.497 e. The Morgan fingerprint density at radius 3 is 2.80 bits per heavy atom. The van der Waals surface area contributed by atoms with Gasteiger partial charge in [-0.15, -0.1) is 0 Å². The van der Waals surface area contributed by atoms with Crippen LogP contribution in [0.15, 0.2) is 34.9 Å². The number of hydrogen-bond donors (Lipinski definition) is 2. The number of carboxylic acids is 1. The lowest BCUT2D eigenvalue weighted by Gasteiger charge is -2.11. The van der Waals surface area contributed by atoms with Crippen molar-refractivity contribution in [2.24, 2.45) is 0 Å². The van der Waals surface area contributed by atoms with Crippen LogP contribution in [-0.2, 0) is 0 Å². The summed E-state index contributed by atoms with van der Waals surface area (Å²) in [5.41, 5.74) is 0.743. The number of anilines is 2. The topological polar surface area (TPSA) is 71.5 Å². The van der Waals surface area contributed by atoms with E-state index in [1.54, 1.807) is 19.2 Å². The standard InChI is InChI=1S/C13H10BrClN2O3/c1-20-8-2-3-9(14)11(5-8)17-12-10(15)4-7(6-16-12)13(18)19/h2-6H,1H3,(H,16,17)(H,18,19). The number of aromatic nitrogens is 1. The lowest BCUT2D eigenvalue weighted by Crippen LogP contribution is -2.01. The molecule has 20 heavy (non-hydrogen) atoms. The van der Waals surface area contributed by atoms with Gasteiger partial charge < -0.3 is 15.2 Å². The van der Waals surface area contributed by atoms with Crippen LogP contribution < -0.4 is 10.1 Å². The summed E-state index contributed by atoms with van der Waals surface area (Å²) in [5.74, 6) is -0.0342. The predicted molar refractivity (Wildman–Crippen MR) is 80.2 cm³/mol. The average molecular weight is 358 g/mol. The van der Waals surface area contributed by atoms with Crippen molar-refractivity contribution in [3.05, 3.63) is 45.5 Å². The second kappa shape index (κ2) is 6.11. The quantitative estimate of drug-likeness (QED) is 0.867. The molecule has 1 aromatic carbocycles. The summed E-state index contributed by atoms with van der Waals surface area (Å²) in [6, 6.07) is 6.74. The van der Waals surface area contributed by atoms with Gasteiger partial charge in [-0.05, 0) is 34.1 Å². The SMILES string of the molecule is COc1ccc(Br)c(Nc2ncc(C(=O)O)cc2Cl)c1. The molecule has 0 atom stereocenters. The summed E-state index contributed by atoms with van der Waals surface area (Å²) in [6.45, 7) is 0. The highest BCUT2D eigenvalue weighted by atomic mass is 79.9. The van der Waals surface area contributed by atoms with Gasteiger partial charge in [0.05, 0.1) is 23.4 Å². The third-order valence-corrected chi connectivity index (χ3v) is 3.49. The molecule has 0 aliphatic rings. The van der Waals surface area contributed by atoms with Crippen molar-refractivity contribution in [3.8, 4) is 5.75 Å². The minimum atomic E-state index is -1.08. The van der Waals surface area contributed by atoms with Crippen molar-refractivity contribution >= 4 is 45.0 Å². The first kappa shape index (κ1) is 14.6. The minimum Gasteiger partial charge on any atom is -0.497 e. The molecule has 1 heterocycles. The summed E-state index contributed by atoms with van der Waals surface area (Å²) in [5, 5.41) is 12.1. The molecule has 2 N–H and O–H groups in total. The normalized spacial score (nSPS) is 10.2. The molecule has 0 aliphatic carbocycles. The molecule has 0 radical (unpaired) electrons. The van der Waals surface area contributed by atoms with Crippen molar-refractivity contribution in [1.29, 1.82) is 0 Å². The summed E-state index contributed by atoms with van der Waals surface area (Å²) < 4.78 is 5.94. The molecular formula is C13H10BrClN2O3. The molecule has 7 heteroatoms. The monoisotopic (exact) mass is 356 g/mol. The highest BCUT2D eigenvalue weighted by Crippen LogP contribution is 2.31. The van der Waals surface area contributed by atoms with Gasteiger partial charge >= 0.3 is 5.97 Å². The fourth-order valence-electron chi connectivity index (χ4n) is 1.50. The maximum Gasteiger partial charge on any atom is 0.337 e. The van der Waals surface area contributed by atoms with Gasteiger partial charge in [-0.2, -0.15) is 0 Å². The Labute approximate surface area is 128 Å². The molecule has 0 bridgehead atoms. The number of pyridine rings is 1. The molecule has 0 unspecified atom stereocenters. The third-order valence-electron chi connectivity index (χ3n) is 2.51. The molecule has 2 aromatic rings. The summed E-state index contributed by atoms with van der Waals surface area (Å²) >= 11 is 9.41. The number of carbonyl (C=O) groups is 1. The van der Waals surface area contributed by atoms with Crippen molar-refractivity contribution in [2.45, 2.75) is 0 Å².